The van der Waals surface area contributed by atoms with Crippen LogP contribution in [0.3, 0.4) is 0 Å². The van der Waals surface area contributed by atoms with E-state index in [1.807, 2.05) is 0 Å². The Hall–Kier alpha value is -2.76. The molecule has 0 aliphatic carbocycles. The predicted molar refractivity (Wildman–Crippen MR) is 86.5 cm³/mol. The molecule has 0 saturated carbocycles. The second-order valence-electron chi connectivity index (χ2n) is 5.60. The van der Waals surface area contributed by atoms with Crippen molar-refractivity contribution < 1.29 is 24.6 Å². The molecule has 0 saturated heterocycles. The number of nitrogens with one attached hydrogen (secondary N) is 2. The van der Waals surface area contributed by atoms with Crippen LogP contribution in [0.25, 0.3) is 0 Å². The third-order valence-electron chi connectivity index (χ3n) is 3.09. The normalized spacial score (nSPS) is 11.7. The van der Waals surface area contributed by atoms with E-state index < -0.39 is 23.4 Å². The van der Waals surface area contributed by atoms with Crippen molar-refractivity contribution in [1.29, 1.82) is 0 Å². The van der Waals surface area contributed by atoms with E-state index in [1.54, 1.807) is 6.92 Å². The van der Waals surface area contributed by atoms with Crippen LogP contribution < -0.4 is 21.3 Å². The van der Waals surface area contributed by atoms with Gasteiger partial charge >= 0.3 is 0 Å². The minimum Gasteiger partial charge on any atom is -0.507 e. The Balaban J connectivity index is 2.93. The van der Waals surface area contributed by atoms with Crippen molar-refractivity contribution in [1.82, 2.24) is 10.8 Å². The second kappa shape index (κ2) is 8.19. The molecule has 130 valence electrons. The Kier molecular flexibility index (Phi) is 6.58. The van der Waals surface area contributed by atoms with E-state index in [0.717, 1.165) is 0 Å². The van der Waals surface area contributed by atoms with Crippen LogP contribution in [0.1, 0.15) is 31.1 Å². The molecule has 0 unspecified atom stereocenters. The van der Waals surface area contributed by atoms with E-state index in [2.05, 4.69) is 17.2 Å². The number of benzene rings is 1. The van der Waals surface area contributed by atoms with Crippen LogP contribution in [0.15, 0.2) is 18.2 Å². The fourth-order valence-corrected chi connectivity index (χ4v) is 1.85. The fourth-order valence-electron chi connectivity index (χ4n) is 1.85. The molecule has 2 amide bonds. The topological polar surface area (TPSA) is 134 Å². The van der Waals surface area contributed by atoms with Gasteiger partial charge in [0.25, 0.3) is 11.8 Å². The zero-order valence-electron chi connectivity index (χ0n) is 13.7. The molecule has 6 N–H and O–H groups in total. The number of carbonyl (C=O) groups excluding carboxylic acids is 2. The summed E-state index contributed by atoms with van der Waals surface area (Å²) in [7, 11) is 0. The lowest BCUT2D eigenvalue weighted by Crippen LogP contribution is -2.61. The summed E-state index contributed by atoms with van der Waals surface area (Å²) in [5.74, 6) is 3.79. The van der Waals surface area contributed by atoms with Gasteiger partial charge < -0.3 is 20.9 Å². The predicted octanol–water partition coefficient (Wildman–Crippen LogP) is 0.135. The smallest absolute Gasteiger partial charge is 0.267 e. The lowest BCUT2D eigenvalue weighted by Gasteiger charge is -2.29. The molecular formula is C16H21N3O5. The maximum atomic E-state index is 12.3. The first kappa shape index (κ1) is 19.3. The maximum Gasteiger partial charge on any atom is 0.267 e. The number of nitrogens with two attached hydrogens (primary N) is 1. The Bertz CT molecular complexity index is 671. The molecule has 0 radical (unpaired) electrons. The zero-order chi connectivity index (χ0) is 18.3. The summed E-state index contributed by atoms with van der Waals surface area (Å²) in [6, 6.07) is 2.89. The van der Waals surface area contributed by atoms with E-state index in [9.17, 15) is 14.7 Å². The maximum absolute atomic E-state index is 12.3. The van der Waals surface area contributed by atoms with Crippen molar-refractivity contribution in [2.24, 2.45) is 5.73 Å². The van der Waals surface area contributed by atoms with Gasteiger partial charge in [-0.05, 0) is 32.9 Å². The zero-order valence-corrected chi connectivity index (χ0v) is 13.7. The summed E-state index contributed by atoms with van der Waals surface area (Å²) in [6.07, 6.45) is 0. The molecule has 1 aromatic rings. The van der Waals surface area contributed by atoms with Crippen molar-refractivity contribution in [2.45, 2.75) is 32.4 Å². The molecule has 0 aliphatic rings. The number of phenolic OH excluding ortho intramolecular Hbond substituents is 1. The van der Waals surface area contributed by atoms with Crippen LogP contribution in [0.4, 0.5) is 0 Å². The monoisotopic (exact) mass is 335 g/mol. The lowest BCUT2D eigenvalue weighted by atomic mass is 9.95. The Morgan fingerprint density at radius 3 is 2.58 bits per heavy atom. The quantitative estimate of drug-likeness (QED) is 0.285. The number of hydrogen-bond donors (Lipinski definition) is 5. The number of rotatable bonds is 6. The van der Waals surface area contributed by atoms with Gasteiger partial charge in [-0.15, -0.1) is 5.92 Å². The molecule has 0 aliphatic heterocycles. The van der Waals surface area contributed by atoms with Crippen molar-refractivity contribution >= 4 is 11.8 Å². The first-order valence-corrected chi connectivity index (χ1v) is 7.09. The standard InChI is InChI=1S/C16H21N3O5/c1-4-5-8-24-10-6-7-11(12(20)9-10)14(21)18-13(15(22)19-23)16(2,3)17/h6-7,9,13,20,23H,8,17H2,1-3H3,(H,18,21)(H,19,22)/t13-/m1/s1. The van der Waals surface area contributed by atoms with Crippen molar-refractivity contribution in [3.05, 3.63) is 23.8 Å². The average molecular weight is 335 g/mol. The van der Waals surface area contributed by atoms with E-state index >= 15 is 0 Å². The third-order valence-corrected chi connectivity index (χ3v) is 3.09. The Morgan fingerprint density at radius 1 is 1.42 bits per heavy atom. The van der Waals surface area contributed by atoms with Gasteiger partial charge in [-0.3, -0.25) is 14.8 Å². The SMILES string of the molecule is CC#CCOc1ccc(C(=O)N[C@H](C(=O)NO)C(C)(C)N)c(O)c1. The number of ether oxygens (including phenoxy) is 1. The summed E-state index contributed by atoms with van der Waals surface area (Å²) >= 11 is 0. The molecule has 8 heteroatoms. The number of hydrogen-bond acceptors (Lipinski definition) is 6. The molecule has 0 heterocycles. The van der Waals surface area contributed by atoms with Crippen molar-refractivity contribution in [2.75, 3.05) is 6.61 Å². The largest absolute Gasteiger partial charge is 0.507 e. The lowest BCUT2D eigenvalue weighted by molar-refractivity contribution is -0.132. The molecule has 0 fully saturated rings. The molecule has 8 nitrogen and oxygen atoms in total. The summed E-state index contributed by atoms with van der Waals surface area (Å²) in [4.78, 5) is 23.9. The minimum atomic E-state index is -1.20. The molecule has 1 atom stereocenters. The second-order valence-corrected chi connectivity index (χ2v) is 5.60. The summed E-state index contributed by atoms with van der Waals surface area (Å²) in [6.45, 7) is 4.85. The Labute approximate surface area is 139 Å². The van der Waals surface area contributed by atoms with Gasteiger partial charge in [0.2, 0.25) is 0 Å². The van der Waals surface area contributed by atoms with Crippen molar-refractivity contribution in [3.8, 4) is 23.3 Å². The summed E-state index contributed by atoms with van der Waals surface area (Å²) in [5.41, 5.74) is 6.08. The first-order valence-electron chi connectivity index (χ1n) is 7.09. The molecular weight excluding hydrogens is 314 g/mol. The van der Waals surface area contributed by atoms with Gasteiger partial charge in [0, 0.05) is 11.6 Å². The van der Waals surface area contributed by atoms with E-state index in [4.69, 9.17) is 15.7 Å². The van der Waals surface area contributed by atoms with E-state index in [-0.39, 0.29) is 17.9 Å². The van der Waals surface area contributed by atoms with Crippen molar-refractivity contribution in [3.63, 3.8) is 0 Å². The highest BCUT2D eigenvalue weighted by molar-refractivity contribution is 6.00. The highest BCUT2D eigenvalue weighted by Crippen LogP contribution is 2.24. The van der Waals surface area contributed by atoms with Crippen LogP contribution in [0.2, 0.25) is 0 Å². The number of hydroxylamine groups is 1. The number of carbonyl (C=O) groups is 2. The van der Waals surface area contributed by atoms with E-state index in [0.29, 0.717) is 5.75 Å². The Morgan fingerprint density at radius 2 is 2.08 bits per heavy atom. The van der Waals surface area contributed by atoms with Crippen LogP contribution in [0, 0.1) is 11.8 Å². The van der Waals surface area contributed by atoms with Crippen LogP contribution in [0.5, 0.6) is 11.5 Å². The molecule has 24 heavy (non-hydrogen) atoms. The summed E-state index contributed by atoms with van der Waals surface area (Å²) in [5, 5.41) is 21.1. The fraction of sp³-hybridized carbons (Fsp3) is 0.375. The van der Waals surface area contributed by atoms with Gasteiger partial charge in [-0.1, -0.05) is 5.92 Å². The third kappa shape index (κ3) is 5.15. The highest BCUT2D eigenvalue weighted by Gasteiger charge is 2.34. The highest BCUT2D eigenvalue weighted by atomic mass is 16.5. The van der Waals surface area contributed by atoms with Gasteiger partial charge in [0.1, 0.15) is 24.1 Å². The molecule has 1 rings (SSSR count). The molecule has 0 spiro atoms. The summed E-state index contributed by atoms with van der Waals surface area (Å²) < 4.78 is 5.27. The molecule has 0 bridgehead atoms. The number of aromatic hydroxyl groups is 1. The van der Waals surface area contributed by atoms with Crippen LogP contribution in [-0.2, 0) is 4.79 Å². The average Bonchev–Trinajstić information content (AvgIpc) is 2.51. The van der Waals surface area contributed by atoms with Gasteiger partial charge in [-0.2, -0.15) is 0 Å². The van der Waals surface area contributed by atoms with Gasteiger partial charge in [0.05, 0.1) is 5.56 Å². The number of amides is 2. The number of phenols is 1. The molecule has 1 aromatic carbocycles. The van der Waals surface area contributed by atoms with Crippen LogP contribution >= 0.6 is 0 Å². The van der Waals surface area contributed by atoms with E-state index in [1.165, 1.54) is 37.5 Å². The molecule has 0 aromatic heterocycles. The van der Waals surface area contributed by atoms with Gasteiger partial charge in [0.15, 0.2) is 0 Å². The minimum absolute atomic E-state index is 0.0658. The first-order chi connectivity index (χ1) is 11.2. The van der Waals surface area contributed by atoms with Crippen LogP contribution in [-0.4, -0.2) is 40.3 Å². The van der Waals surface area contributed by atoms with Gasteiger partial charge in [-0.25, -0.2) is 5.48 Å².